The number of thiazole rings is 1. The number of aliphatic hydroxyl groups excluding tert-OH is 1. The lowest BCUT2D eigenvalue weighted by Crippen LogP contribution is -2.19. The fraction of sp³-hybridized carbons (Fsp3) is 0.667. The third-order valence-corrected chi connectivity index (χ3v) is 3.78. The lowest BCUT2D eigenvalue weighted by Gasteiger charge is -2.14. The second kappa shape index (κ2) is 4.47. The van der Waals surface area contributed by atoms with Crippen molar-refractivity contribution < 1.29 is 5.11 Å². The van der Waals surface area contributed by atoms with E-state index >= 15 is 0 Å². The van der Waals surface area contributed by atoms with E-state index in [1.807, 2.05) is 5.38 Å². The van der Waals surface area contributed by atoms with E-state index in [0.717, 1.165) is 31.1 Å². The molecule has 1 aliphatic rings. The second-order valence-corrected chi connectivity index (χ2v) is 4.79. The van der Waals surface area contributed by atoms with E-state index in [-0.39, 0.29) is 6.61 Å². The van der Waals surface area contributed by atoms with Gasteiger partial charge in [0.1, 0.15) is 5.15 Å². The van der Waals surface area contributed by atoms with Gasteiger partial charge >= 0.3 is 0 Å². The van der Waals surface area contributed by atoms with Gasteiger partial charge in [0.15, 0.2) is 5.13 Å². The number of halogens is 1. The Morgan fingerprint density at radius 2 is 2.57 bits per heavy atom. The van der Waals surface area contributed by atoms with Crippen LogP contribution in [-0.2, 0) is 0 Å². The van der Waals surface area contributed by atoms with Crippen molar-refractivity contribution in [3.05, 3.63) is 10.5 Å². The van der Waals surface area contributed by atoms with Gasteiger partial charge in [-0.2, -0.15) is 0 Å². The van der Waals surface area contributed by atoms with Crippen LogP contribution in [0.15, 0.2) is 5.38 Å². The molecule has 0 bridgehead atoms. The minimum atomic E-state index is 0.289. The van der Waals surface area contributed by atoms with Crippen LogP contribution in [0, 0.1) is 5.92 Å². The van der Waals surface area contributed by atoms with Gasteiger partial charge in [0.25, 0.3) is 0 Å². The standard InChI is InChI=1S/C9H13ClN2OS/c10-8-6-14-9(11-8)12-3-1-7(5-12)2-4-13/h6-7,13H,1-5H2. The molecule has 1 aromatic rings. The van der Waals surface area contributed by atoms with Crippen LogP contribution in [0.25, 0.3) is 0 Å². The molecule has 1 aromatic heterocycles. The van der Waals surface area contributed by atoms with E-state index in [4.69, 9.17) is 16.7 Å². The Morgan fingerprint density at radius 3 is 3.21 bits per heavy atom. The molecule has 1 atom stereocenters. The Kier molecular flexibility index (Phi) is 3.26. The summed E-state index contributed by atoms with van der Waals surface area (Å²) in [6, 6.07) is 0. The lowest BCUT2D eigenvalue weighted by molar-refractivity contribution is 0.263. The number of anilines is 1. The van der Waals surface area contributed by atoms with Gasteiger partial charge in [-0.3, -0.25) is 0 Å². The summed E-state index contributed by atoms with van der Waals surface area (Å²) in [6.45, 7) is 2.33. The number of hydrogen-bond donors (Lipinski definition) is 1. The minimum absolute atomic E-state index is 0.289. The Balaban J connectivity index is 1.95. The summed E-state index contributed by atoms with van der Waals surface area (Å²) in [4.78, 5) is 6.48. The largest absolute Gasteiger partial charge is 0.396 e. The first-order valence-electron chi connectivity index (χ1n) is 4.76. The van der Waals surface area contributed by atoms with Crippen molar-refractivity contribution >= 4 is 28.1 Å². The molecule has 2 rings (SSSR count). The molecule has 1 N–H and O–H groups in total. The minimum Gasteiger partial charge on any atom is -0.396 e. The van der Waals surface area contributed by atoms with Crippen molar-refractivity contribution in [3.63, 3.8) is 0 Å². The van der Waals surface area contributed by atoms with E-state index in [2.05, 4.69) is 9.88 Å². The van der Waals surface area contributed by atoms with Crippen LogP contribution < -0.4 is 4.90 Å². The molecule has 0 saturated carbocycles. The molecule has 1 fully saturated rings. The summed E-state index contributed by atoms with van der Waals surface area (Å²) in [5.41, 5.74) is 0. The topological polar surface area (TPSA) is 36.4 Å². The maximum absolute atomic E-state index is 8.83. The molecular formula is C9H13ClN2OS. The van der Waals surface area contributed by atoms with Crippen molar-refractivity contribution in [3.8, 4) is 0 Å². The third kappa shape index (κ3) is 2.19. The maximum Gasteiger partial charge on any atom is 0.186 e. The van der Waals surface area contributed by atoms with Gasteiger partial charge in [-0.05, 0) is 18.8 Å². The van der Waals surface area contributed by atoms with Gasteiger partial charge in [-0.25, -0.2) is 4.98 Å². The molecule has 1 unspecified atom stereocenters. The third-order valence-electron chi connectivity index (χ3n) is 2.56. The summed E-state index contributed by atoms with van der Waals surface area (Å²) >= 11 is 7.36. The Hall–Kier alpha value is -0.320. The highest BCUT2D eigenvalue weighted by Crippen LogP contribution is 2.29. The number of aliphatic hydroxyl groups is 1. The monoisotopic (exact) mass is 232 g/mol. The second-order valence-electron chi connectivity index (χ2n) is 3.57. The summed E-state index contributed by atoms with van der Waals surface area (Å²) < 4.78 is 0. The van der Waals surface area contributed by atoms with E-state index in [9.17, 15) is 0 Å². The average Bonchev–Trinajstić information content (AvgIpc) is 2.74. The van der Waals surface area contributed by atoms with Gasteiger partial charge in [-0.1, -0.05) is 11.6 Å². The predicted octanol–water partition coefficient (Wildman–Crippen LogP) is 2.01. The molecule has 1 aliphatic heterocycles. The normalized spacial score (nSPS) is 21.9. The van der Waals surface area contributed by atoms with Crippen molar-refractivity contribution in [1.82, 2.24) is 4.98 Å². The number of hydrogen-bond acceptors (Lipinski definition) is 4. The molecule has 5 heteroatoms. The van der Waals surface area contributed by atoms with Crippen LogP contribution in [0.1, 0.15) is 12.8 Å². The average molecular weight is 233 g/mol. The quantitative estimate of drug-likeness (QED) is 0.866. The molecule has 3 nitrogen and oxygen atoms in total. The lowest BCUT2D eigenvalue weighted by atomic mass is 10.1. The Bertz CT molecular complexity index is 305. The van der Waals surface area contributed by atoms with Crippen molar-refractivity contribution in [2.45, 2.75) is 12.8 Å². The first kappa shape index (κ1) is 10.2. The van der Waals surface area contributed by atoms with Gasteiger partial charge in [0, 0.05) is 25.1 Å². The molecule has 0 aliphatic carbocycles. The van der Waals surface area contributed by atoms with E-state index in [1.54, 1.807) is 11.3 Å². The van der Waals surface area contributed by atoms with Crippen LogP contribution in [-0.4, -0.2) is 29.8 Å². The van der Waals surface area contributed by atoms with Crippen molar-refractivity contribution in [2.24, 2.45) is 5.92 Å². The first-order chi connectivity index (χ1) is 6.79. The van der Waals surface area contributed by atoms with Crippen LogP contribution in [0.5, 0.6) is 0 Å². The fourth-order valence-corrected chi connectivity index (χ4v) is 2.80. The summed E-state index contributed by atoms with van der Waals surface area (Å²) in [5, 5.41) is 12.3. The Labute approximate surface area is 92.3 Å². The molecule has 78 valence electrons. The summed E-state index contributed by atoms with van der Waals surface area (Å²) in [7, 11) is 0. The highest BCUT2D eigenvalue weighted by molar-refractivity contribution is 7.14. The molecule has 0 aromatic carbocycles. The number of aromatic nitrogens is 1. The molecule has 0 amide bonds. The van der Waals surface area contributed by atoms with Crippen LogP contribution in [0.4, 0.5) is 5.13 Å². The summed E-state index contributed by atoms with van der Waals surface area (Å²) in [6.07, 6.45) is 2.05. The van der Waals surface area contributed by atoms with Crippen molar-refractivity contribution in [1.29, 1.82) is 0 Å². The van der Waals surface area contributed by atoms with Crippen LogP contribution in [0.2, 0.25) is 5.15 Å². The van der Waals surface area contributed by atoms with Gasteiger partial charge in [0.05, 0.1) is 0 Å². The van der Waals surface area contributed by atoms with E-state index in [1.165, 1.54) is 0 Å². The SMILES string of the molecule is OCCC1CCN(c2nc(Cl)cs2)C1. The number of nitrogens with zero attached hydrogens (tertiary/aromatic N) is 2. The zero-order chi connectivity index (χ0) is 9.97. The van der Waals surface area contributed by atoms with E-state index in [0.29, 0.717) is 11.1 Å². The predicted molar refractivity (Wildman–Crippen MR) is 59.1 cm³/mol. The summed E-state index contributed by atoms with van der Waals surface area (Å²) in [5.74, 6) is 0.614. The van der Waals surface area contributed by atoms with Crippen LogP contribution >= 0.6 is 22.9 Å². The van der Waals surface area contributed by atoms with Gasteiger partial charge < -0.3 is 10.0 Å². The molecule has 14 heavy (non-hydrogen) atoms. The highest BCUT2D eigenvalue weighted by Gasteiger charge is 2.23. The fourth-order valence-electron chi connectivity index (χ4n) is 1.82. The Morgan fingerprint density at radius 1 is 1.71 bits per heavy atom. The first-order valence-corrected chi connectivity index (χ1v) is 6.02. The maximum atomic E-state index is 8.83. The molecule has 0 spiro atoms. The zero-order valence-electron chi connectivity index (χ0n) is 7.82. The van der Waals surface area contributed by atoms with E-state index < -0.39 is 0 Å². The highest BCUT2D eigenvalue weighted by atomic mass is 35.5. The molecule has 1 saturated heterocycles. The molecule has 2 heterocycles. The van der Waals surface area contributed by atoms with Crippen LogP contribution in [0.3, 0.4) is 0 Å². The smallest absolute Gasteiger partial charge is 0.186 e. The van der Waals surface area contributed by atoms with Gasteiger partial charge in [-0.15, -0.1) is 11.3 Å². The number of rotatable bonds is 3. The van der Waals surface area contributed by atoms with Crippen molar-refractivity contribution in [2.75, 3.05) is 24.6 Å². The molecule has 0 radical (unpaired) electrons. The molecular weight excluding hydrogens is 220 g/mol. The van der Waals surface area contributed by atoms with Gasteiger partial charge in [0.2, 0.25) is 0 Å². The zero-order valence-corrected chi connectivity index (χ0v) is 9.39.